The highest BCUT2D eigenvalue weighted by Gasteiger charge is 2.52. The first-order valence-electron chi connectivity index (χ1n) is 7.99. The lowest BCUT2D eigenvalue weighted by molar-refractivity contribution is -0.135. The van der Waals surface area contributed by atoms with E-state index in [0.29, 0.717) is 30.0 Å². The third-order valence-corrected chi connectivity index (χ3v) is 5.89. The molecule has 128 valence electrons. The van der Waals surface area contributed by atoms with Crippen molar-refractivity contribution in [1.82, 2.24) is 4.90 Å². The van der Waals surface area contributed by atoms with Gasteiger partial charge in [-0.25, -0.2) is 4.79 Å². The van der Waals surface area contributed by atoms with Crippen LogP contribution < -0.4 is 5.32 Å². The van der Waals surface area contributed by atoms with E-state index in [1.807, 2.05) is 6.92 Å². The maximum Gasteiger partial charge on any atom is 0.338 e. The Morgan fingerprint density at radius 2 is 2.25 bits per heavy atom. The molecule has 1 aromatic rings. The van der Waals surface area contributed by atoms with Gasteiger partial charge in [-0.1, -0.05) is 6.07 Å². The molecule has 1 aromatic carbocycles. The van der Waals surface area contributed by atoms with Gasteiger partial charge in [0.2, 0.25) is 11.8 Å². The molecule has 2 fully saturated rings. The summed E-state index contributed by atoms with van der Waals surface area (Å²) in [5.41, 5.74) is 0.910. The fourth-order valence-corrected chi connectivity index (χ4v) is 4.61. The number of nitrogens with zero attached hydrogens (tertiary/aromatic N) is 1. The third-order valence-electron chi connectivity index (χ3n) is 4.39. The fraction of sp³-hybridized carbons (Fsp3) is 0.471. The molecule has 2 saturated heterocycles. The number of hydrogen-bond donors (Lipinski definition) is 1. The average Bonchev–Trinajstić information content (AvgIpc) is 3.04. The number of rotatable bonds is 4. The first-order chi connectivity index (χ1) is 11.4. The number of benzene rings is 1. The minimum Gasteiger partial charge on any atom is -0.462 e. The van der Waals surface area contributed by atoms with E-state index in [4.69, 9.17) is 4.74 Å². The quantitative estimate of drug-likeness (QED) is 0.845. The van der Waals surface area contributed by atoms with Crippen molar-refractivity contribution in [3.8, 4) is 0 Å². The molecule has 2 amide bonds. The number of ether oxygens (including phenoxy) is 1. The van der Waals surface area contributed by atoms with Crippen LogP contribution in [0.25, 0.3) is 0 Å². The van der Waals surface area contributed by atoms with Gasteiger partial charge < -0.3 is 15.0 Å². The van der Waals surface area contributed by atoms with Gasteiger partial charge in [-0.3, -0.25) is 9.59 Å². The predicted molar refractivity (Wildman–Crippen MR) is 91.8 cm³/mol. The monoisotopic (exact) mass is 348 g/mol. The SMILES string of the molecule is CCOC(=O)c1cccc(NC(=O)C2CSC3(C)CCC(=O)N23)c1. The highest BCUT2D eigenvalue weighted by molar-refractivity contribution is 8.01. The second-order valence-corrected chi connectivity index (χ2v) is 7.56. The minimum absolute atomic E-state index is 0.0305. The van der Waals surface area contributed by atoms with Crippen molar-refractivity contribution in [3.05, 3.63) is 29.8 Å². The van der Waals surface area contributed by atoms with E-state index in [2.05, 4.69) is 5.32 Å². The standard InChI is InChI=1S/C17H20N2O4S/c1-3-23-16(22)11-5-4-6-12(9-11)18-15(21)13-10-24-17(2)8-7-14(20)19(13)17/h4-6,9,13H,3,7-8,10H2,1-2H3,(H,18,21). The van der Waals surface area contributed by atoms with Crippen molar-refractivity contribution in [2.45, 2.75) is 37.6 Å². The summed E-state index contributed by atoms with van der Waals surface area (Å²) in [5.74, 6) is -0.0243. The van der Waals surface area contributed by atoms with Gasteiger partial charge in [0.1, 0.15) is 6.04 Å². The van der Waals surface area contributed by atoms with E-state index >= 15 is 0 Å². The summed E-state index contributed by atoms with van der Waals surface area (Å²) in [5, 5.41) is 2.82. The molecule has 0 bridgehead atoms. The second-order valence-electron chi connectivity index (χ2n) is 6.06. The Bertz CT molecular complexity index is 693. The smallest absolute Gasteiger partial charge is 0.338 e. The highest BCUT2D eigenvalue weighted by atomic mass is 32.2. The number of hydrogen-bond acceptors (Lipinski definition) is 5. The van der Waals surface area contributed by atoms with Gasteiger partial charge in [-0.2, -0.15) is 0 Å². The summed E-state index contributed by atoms with van der Waals surface area (Å²) >= 11 is 1.65. The number of thioether (sulfide) groups is 1. The van der Waals surface area contributed by atoms with E-state index in [0.717, 1.165) is 6.42 Å². The molecule has 1 N–H and O–H groups in total. The number of amides is 2. The lowest BCUT2D eigenvalue weighted by atomic mass is 10.2. The van der Waals surface area contributed by atoms with E-state index in [9.17, 15) is 14.4 Å². The number of carbonyl (C=O) groups is 3. The Morgan fingerprint density at radius 1 is 1.46 bits per heavy atom. The Hall–Kier alpha value is -2.02. The Morgan fingerprint density at radius 3 is 3.00 bits per heavy atom. The summed E-state index contributed by atoms with van der Waals surface area (Å²) in [4.78, 5) is 38.0. The maximum atomic E-state index is 12.6. The van der Waals surface area contributed by atoms with Gasteiger partial charge in [0, 0.05) is 17.9 Å². The maximum absolute atomic E-state index is 12.6. The van der Waals surface area contributed by atoms with Crippen LogP contribution >= 0.6 is 11.8 Å². The molecule has 2 unspecified atom stereocenters. The van der Waals surface area contributed by atoms with Crippen LogP contribution in [0.3, 0.4) is 0 Å². The average molecular weight is 348 g/mol. The molecule has 3 rings (SSSR count). The largest absolute Gasteiger partial charge is 0.462 e. The van der Waals surface area contributed by atoms with Crippen molar-refractivity contribution in [1.29, 1.82) is 0 Å². The fourth-order valence-electron chi connectivity index (χ4n) is 3.18. The topological polar surface area (TPSA) is 75.7 Å². The lowest BCUT2D eigenvalue weighted by Gasteiger charge is -2.29. The number of esters is 1. The molecule has 0 radical (unpaired) electrons. The zero-order valence-electron chi connectivity index (χ0n) is 13.7. The summed E-state index contributed by atoms with van der Waals surface area (Å²) in [6.07, 6.45) is 1.27. The predicted octanol–water partition coefficient (Wildman–Crippen LogP) is 2.26. The number of carbonyl (C=O) groups excluding carboxylic acids is 3. The van der Waals surface area contributed by atoms with Crippen LogP contribution in [0, 0.1) is 0 Å². The van der Waals surface area contributed by atoms with Crippen molar-refractivity contribution in [2.24, 2.45) is 0 Å². The summed E-state index contributed by atoms with van der Waals surface area (Å²) in [6, 6.07) is 6.16. The molecule has 2 aliphatic heterocycles. The Kier molecular flexibility index (Phi) is 4.54. The molecule has 2 heterocycles. The summed E-state index contributed by atoms with van der Waals surface area (Å²) in [6.45, 7) is 4.05. The molecular formula is C17H20N2O4S. The van der Waals surface area contributed by atoms with Crippen LogP contribution in [0.1, 0.15) is 37.0 Å². The molecule has 0 aromatic heterocycles. The van der Waals surface area contributed by atoms with E-state index in [1.165, 1.54) is 0 Å². The molecule has 2 atom stereocenters. The van der Waals surface area contributed by atoms with Crippen LogP contribution in [0.5, 0.6) is 0 Å². The van der Waals surface area contributed by atoms with Gasteiger partial charge in [-0.15, -0.1) is 11.8 Å². The van der Waals surface area contributed by atoms with Crippen molar-refractivity contribution < 1.29 is 19.1 Å². The van der Waals surface area contributed by atoms with Crippen LogP contribution in [0.4, 0.5) is 5.69 Å². The molecule has 0 aliphatic carbocycles. The second kappa shape index (κ2) is 6.47. The van der Waals surface area contributed by atoms with Gasteiger partial charge >= 0.3 is 5.97 Å². The van der Waals surface area contributed by atoms with Crippen LogP contribution in [0.2, 0.25) is 0 Å². The molecule has 2 aliphatic rings. The van der Waals surface area contributed by atoms with Gasteiger partial charge in [0.05, 0.1) is 17.0 Å². The zero-order valence-corrected chi connectivity index (χ0v) is 14.5. The van der Waals surface area contributed by atoms with E-state index < -0.39 is 12.0 Å². The van der Waals surface area contributed by atoms with Crippen molar-refractivity contribution in [3.63, 3.8) is 0 Å². The van der Waals surface area contributed by atoms with Crippen molar-refractivity contribution in [2.75, 3.05) is 17.7 Å². The molecule has 0 spiro atoms. The molecule has 6 nitrogen and oxygen atoms in total. The molecule has 0 saturated carbocycles. The highest BCUT2D eigenvalue weighted by Crippen LogP contribution is 2.47. The Labute approximate surface area is 144 Å². The van der Waals surface area contributed by atoms with E-state index in [1.54, 1.807) is 47.9 Å². The lowest BCUT2D eigenvalue weighted by Crippen LogP contribution is -2.48. The first-order valence-corrected chi connectivity index (χ1v) is 8.97. The van der Waals surface area contributed by atoms with Crippen molar-refractivity contribution >= 4 is 35.2 Å². The molecule has 7 heteroatoms. The molecule has 24 heavy (non-hydrogen) atoms. The first kappa shape index (κ1) is 16.8. The molecular weight excluding hydrogens is 328 g/mol. The van der Waals surface area contributed by atoms with E-state index in [-0.39, 0.29) is 16.7 Å². The van der Waals surface area contributed by atoms with Crippen LogP contribution in [0.15, 0.2) is 24.3 Å². The van der Waals surface area contributed by atoms with Gasteiger partial charge in [0.25, 0.3) is 0 Å². The van der Waals surface area contributed by atoms with Crippen LogP contribution in [-0.4, -0.2) is 46.0 Å². The summed E-state index contributed by atoms with van der Waals surface area (Å²) in [7, 11) is 0. The normalized spacial score (nSPS) is 25.5. The van der Waals surface area contributed by atoms with Crippen LogP contribution in [-0.2, 0) is 14.3 Å². The third kappa shape index (κ3) is 3.00. The minimum atomic E-state index is -0.471. The number of fused-ring (bicyclic) bond motifs is 1. The van der Waals surface area contributed by atoms with Gasteiger partial charge in [0.15, 0.2) is 0 Å². The summed E-state index contributed by atoms with van der Waals surface area (Å²) < 4.78 is 4.96. The van der Waals surface area contributed by atoms with Gasteiger partial charge in [-0.05, 0) is 38.5 Å². The number of anilines is 1. The Balaban J connectivity index is 1.73. The zero-order chi connectivity index (χ0) is 17.3. The number of nitrogens with one attached hydrogen (secondary N) is 1.